The fourth-order valence-electron chi connectivity index (χ4n) is 2.06. The number of benzene rings is 1. The van der Waals surface area contributed by atoms with Gasteiger partial charge in [0.1, 0.15) is 6.33 Å². The second-order valence-electron chi connectivity index (χ2n) is 6.62. The predicted molar refractivity (Wildman–Crippen MR) is 94.4 cm³/mol. The summed E-state index contributed by atoms with van der Waals surface area (Å²) in [4.78, 5) is 19.0. The fourth-order valence-corrected chi connectivity index (χ4v) is 2.06. The molecule has 0 atom stereocenters. The van der Waals surface area contributed by atoms with E-state index in [1.165, 1.54) is 6.33 Å². The van der Waals surface area contributed by atoms with Gasteiger partial charge in [0, 0.05) is 11.2 Å². The van der Waals surface area contributed by atoms with Gasteiger partial charge in [-0.2, -0.15) is 0 Å². The van der Waals surface area contributed by atoms with Crippen LogP contribution in [-0.4, -0.2) is 20.4 Å². The third-order valence-corrected chi connectivity index (χ3v) is 3.20. The SMILES string of the molecule is Cc1ccc(Nc2ncnc(NNC(C)(C)C)c2[N+](=O)[O-])c(C)c1. The lowest BCUT2D eigenvalue weighted by Gasteiger charge is -2.21. The number of rotatable bonds is 5. The van der Waals surface area contributed by atoms with Gasteiger partial charge in [0.25, 0.3) is 0 Å². The molecule has 3 N–H and O–H groups in total. The Bertz CT molecular complexity index is 755. The van der Waals surface area contributed by atoms with Gasteiger partial charge >= 0.3 is 5.69 Å². The fraction of sp³-hybridized carbons (Fsp3) is 0.375. The molecule has 0 spiro atoms. The molecule has 1 aromatic carbocycles. The maximum absolute atomic E-state index is 11.5. The third kappa shape index (κ3) is 4.39. The minimum Gasteiger partial charge on any atom is -0.334 e. The summed E-state index contributed by atoms with van der Waals surface area (Å²) in [6.45, 7) is 9.72. The molecule has 8 heteroatoms. The zero-order chi connectivity index (χ0) is 17.9. The van der Waals surface area contributed by atoms with Crippen LogP contribution in [0.3, 0.4) is 0 Å². The maximum Gasteiger partial charge on any atom is 0.354 e. The van der Waals surface area contributed by atoms with E-state index in [-0.39, 0.29) is 22.9 Å². The average Bonchev–Trinajstić information content (AvgIpc) is 2.47. The van der Waals surface area contributed by atoms with Crippen molar-refractivity contribution in [3.63, 3.8) is 0 Å². The van der Waals surface area contributed by atoms with Crippen molar-refractivity contribution >= 4 is 23.0 Å². The number of nitrogens with one attached hydrogen (secondary N) is 3. The van der Waals surface area contributed by atoms with Crippen LogP contribution in [0.4, 0.5) is 23.0 Å². The molecule has 24 heavy (non-hydrogen) atoms. The summed E-state index contributed by atoms with van der Waals surface area (Å²) in [5.74, 6) is 0.248. The zero-order valence-corrected chi connectivity index (χ0v) is 14.5. The standard InChI is InChI=1S/C16H22N6O2/c1-10-6-7-12(11(2)8-10)19-14-13(22(23)24)15(18-9-17-14)20-21-16(3,4)5/h6-9,21H,1-5H3,(H2,17,18,19,20). The van der Waals surface area contributed by atoms with Crippen LogP contribution in [-0.2, 0) is 0 Å². The second-order valence-corrected chi connectivity index (χ2v) is 6.62. The molecule has 2 rings (SSSR count). The number of hydrogen-bond donors (Lipinski definition) is 3. The molecule has 128 valence electrons. The quantitative estimate of drug-likeness (QED) is 0.569. The van der Waals surface area contributed by atoms with Crippen LogP contribution in [0.5, 0.6) is 0 Å². The first-order valence-corrected chi connectivity index (χ1v) is 7.54. The third-order valence-electron chi connectivity index (χ3n) is 3.20. The zero-order valence-electron chi connectivity index (χ0n) is 14.5. The summed E-state index contributed by atoms with van der Waals surface area (Å²) < 4.78 is 0. The molecular weight excluding hydrogens is 308 g/mol. The van der Waals surface area contributed by atoms with Crippen LogP contribution >= 0.6 is 0 Å². The number of hydrogen-bond acceptors (Lipinski definition) is 7. The van der Waals surface area contributed by atoms with Crippen LogP contribution in [0, 0.1) is 24.0 Å². The van der Waals surface area contributed by atoms with Crippen LogP contribution in [0.15, 0.2) is 24.5 Å². The number of hydrazine groups is 1. The van der Waals surface area contributed by atoms with Gasteiger partial charge in [-0.3, -0.25) is 15.5 Å². The molecule has 0 aliphatic carbocycles. The number of anilines is 3. The van der Waals surface area contributed by atoms with E-state index in [1.807, 2.05) is 52.8 Å². The molecule has 0 saturated heterocycles. The van der Waals surface area contributed by atoms with Gasteiger partial charge in [0.05, 0.1) is 4.92 Å². The first-order valence-electron chi connectivity index (χ1n) is 7.54. The van der Waals surface area contributed by atoms with E-state index in [1.54, 1.807) is 0 Å². The highest BCUT2D eigenvalue weighted by molar-refractivity contribution is 5.74. The second kappa shape index (κ2) is 6.79. The summed E-state index contributed by atoms with van der Waals surface area (Å²) in [5, 5.41) is 14.5. The molecular formula is C16H22N6O2. The first-order chi connectivity index (χ1) is 11.2. The number of aromatic nitrogens is 2. The molecule has 0 unspecified atom stereocenters. The minimum absolute atomic E-state index is 0.109. The van der Waals surface area contributed by atoms with Gasteiger partial charge in [-0.1, -0.05) is 17.7 Å². The molecule has 0 radical (unpaired) electrons. The Morgan fingerprint density at radius 3 is 2.38 bits per heavy atom. The van der Waals surface area contributed by atoms with E-state index in [2.05, 4.69) is 26.1 Å². The lowest BCUT2D eigenvalue weighted by molar-refractivity contribution is -0.383. The van der Waals surface area contributed by atoms with Gasteiger partial charge in [-0.05, 0) is 46.2 Å². The summed E-state index contributed by atoms with van der Waals surface area (Å²) >= 11 is 0. The van der Waals surface area contributed by atoms with Crippen LogP contribution in [0.2, 0.25) is 0 Å². The topological polar surface area (TPSA) is 105 Å². The lowest BCUT2D eigenvalue weighted by atomic mass is 10.1. The van der Waals surface area contributed by atoms with Gasteiger partial charge in [-0.15, -0.1) is 0 Å². The highest BCUT2D eigenvalue weighted by atomic mass is 16.6. The lowest BCUT2D eigenvalue weighted by Crippen LogP contribution is -2.40. The largest absolute Gasteiger partial charge is 0.354 e. The Morgan fingerprint density at radius 1 is 1.12 bits per heavy atom. The smallest absolute Gasteiger partial charge is 0.334 e. The van der Waals surface area contributed by atoms with E-state index in [0.717, 1.165) is 16.8 Å². The number of nitrogens with zero attached hydrogens (tertiary/aromatic N) is 3. The average molecular weight is 330 g/mol. The van der Waals surface area contributed by atoms with Gasteiger partial charge in [-0.25, -0.2) is 15.4 Å². The molecule has 0 aliphatic heterocycles. The minimum atomic E-state index is -0.501. The Morgan fingerprint density at radius 2 is 1.79 bits per heavy atom. The maximum atomic E-state index is 11.5. The van der Waals surface area contributed by atoms with Crippen LogP contribution in [0.1, 0.15) is 31.9 Å². The Labute approximate surface area is 140 Å². The summed E-state index contributed by atoms with van der Waals surface area (Å²) in [6.07, 6.45) is 1.28. The van der Waals surface area contributed by atoms with E-state index in [0.29, 0.717) is 0 Å². The molecule has 0 bridgehead atoms. The summed E-state index contributed by atoms with van der Waals surface area (Å²) in [6, 6.07) is 5.80. The van der Waals surface area contributed by atoms with Crippen molar-refractivity contribution in [2.45, 2.75) is 40.2 Å². The predicted octanol–water partition coefficient (Wildman–Crippen LogP) is 3.46. The van der Waals surface area contributed by atoms with Crippen molar-refractivity contribution in [2.24, 2.45) is 0 Å². The summed E-state index contributed by atoms with van der Waals surface area (Å²) in [5.41, 5.74) is 8.14. The van der Waals surface area contributed by atoms with Crippen LogP contribution < -0.4 is 16.2 Å². The number of nitro groups is 1. The normalized spacial score (nSPS) is 11.2. The van der Waals surface area contributed by atoms with E-state index < -0.39 is 4.92 Å². The Balaban J connectivity index is 2.37. The molecule has 1 heterocycles. The molecule has 8 nitrogen and oxygen atoms in total. The van der Waals surface area contributed by atoms with Crippen molar-refractivity contribution in [3.8, 4) is 0 Å². The monoisotopic (exact) mass is 330 g/mol. The number of aryl methyl sites for hydroxylation is 2. The van der Waals surface area contributed by atoms with E-state index >= 15 is 0 Å². The molecule has 0 fully saturated rings. The Kier molecular flexibility index (Phi) is 4.99. The first kappa shape index (κ1) is 17.6. The van der Waals surface area contributed by atoms with Crippen molar-refractivity contribution in [3.05, 3.63) is 45.8 Å². The molecule has 0 amide bonds. The molecule has 1 aromatic heterocycles. The highest BCUT2D eigenvalue weighted by Gasteiger charge is 2.24. The van der Waals surface area contributed by atoms with Crippen molar-refractivity contribution in [1.82, 2.24) is 15.4 Å². The molecule has 2 aromatic rings. The van der Waals surface area contributed by atoms with Gasteiger partial charge in [0.2, 0.25) is 11.6 Å². The van der Waals surface area contributed by atoms with Crippen molar-refractivity contribution in [2.75, 3.05) is 10.7 Å². The van der Waals surface area contributed by atoms with Crippen LogP contribution in [0.25, 0.3) is 0 Å². The van der Waals surface area contributed by atoms with E-state index in [9.17, 15) is 10.1 Å². The highest BCUT2D eigenvalue weighted by Crippen LogP contribution is 2.31. The van der Waals surface area contributed by atoms with Crippen molar-refractivity contribution in [1.29, 1.82) is 0 Å². The van der Waals surface area contributed by atoms with Gasteiger partial charge < -0.3 is 5.32 Å². The molecule has 0 saturated carbocycles. The van der Waals surface area contributed by atoms with Crippen molar-refractivity contribution < 1.29 is 4.92 Å². The summed E-state index contributed by atoms with van der Waals surface area (Å²) in [7, 11) is 0. The molecule has 0 aliphatic rings. The Hall–Kier alpha value is -2.74. The van der Waals surface area contributed by atoms with E-state index in [4.69, 9.17) is 0 Å². The van der Waals surface area contributed by atoms with Gasteiger partial charge in [0.15, 0.2) is 0 Å².